The Bertz CT molecular complexity index is 930. The highest BCUT2D eigenvalue weighted by Gasteiger charge is 2.11. The predicted molar refractivity (Wildman–Crippen MR) is 96.4 cm³/mol. The van der Waals surface area contributed by atoms with Gasteiger partial charge in [0.1, 0.15) is 23.3 Å². The van der Waals surface area contributed by atoms with Crippen molar-refractivity contribution >= 4 is 27.3 Å². The van der Waals surface area contributed by atoms with Crippen molar-refractivity contribution < 1.29 is 14.6 Å². The summed E-state index contributed by atoms with van der Waals surface area (Å²) in [6, 6.07) is 8.52. The summed E-state index contributed by atoms with van der Waals surface area (Å²) in [7, 11) is 0. The molecule has 0 aliphatic heterocycles. The van der Waals surface area contributed by atoms with Crippen molar-refractivity contribution in [3.8, 4) is 5.75 Å². The summed E-state index contributed by atoms with van der Waals surface area (Å²) in [6.07, 6.45) is 1.04. The highest BCUT2D eigenvalue weighted by molar-refractivity contribution is 7.16. The third kappa shape index (κ3) is 3.94. The van der Waals surface area contributed by atoms with Gasteiger partial charge in [-0.15, -0.1) is 11.3 Å². The first-order chi connectivity index (χ1) is 12.1. The molecular formula is C18H18N2O4S. The first-order valence-corrected chi connectivity index (χ1v) is 8.83. The number of benzene rings is 1. The van der Waals surface area contributed by atoms with E-state index in [1.165, 1.54) is 22.2 Å². The van der Waals surface area contributed by atoms with Crippen LogP contribution in [-0.4, -0.2) is 33.2 Å². The second-order valence-corrected chi connectivity index (χ2v) is 6.50. The van der Waals surface area contributed by atoms with Gasteiger partial charge in [0.05, 0.1) is 18.3 Å². The first-order valence-electron chi connectivity index (χ1n) is 7.95. The smallest absolute Gasteiger partial charge is 0.262 e. The van der Waals surface area contributed by atoms with Crippen LogP contribution in [0.4, 0.5) is 0 Å². The molecule has 0 amide bonds. The highest BCUT2D eigenvalue weighted by Crippen LogP contribution is 2.15. The topological polar surface area (TPSA) is 81.4 Å². The largest absolute Gasteiger partial charge is 0.491 e. The maximum Gasteiger partial charge on any atom is 0.262 e. The van der Waals surface area contributed by atoms with E-state index in [-0.39, 0.29) is 24.5 Å². The zero-order valence-corrected chi connectivity index (χ0v) is 14.5. The number of ether oxygens (including phenoxy) is 1. The number of hydrogen-bond donors (Lipinski definition) is 1. The van der Waals surface area contributed by atoms with E-state index >= 15 is 0 Å². The van der Waals surface area contributed by atoms with Crippen LogP contribution in [0, 0.1) is 0 Å². The Morgan fingerprint density at radius 1 is 1.32 bits per heavy atom. The van der Waals surface area contributed by atoms with E-state index in [0.29, 0.717) is 28.0 Å². The van der Waals surface area contributed by atoms with E-state index < -0.39 is 6.10 Å². The number of hydrogen-bond acceptors (Lipinski definition) is 6. The molecule has 2 aromatic heterocycles. The minimum absolute atomic E-state index is 0.0369. The molecule has 1 atom stereocenters. The Morgan fingerprint density at radius 3 is 2.80 bits per heavy atom. The minimum atomic E-state index is -0.854. The van der Waals surface area contributed by atoms with Gasteiger partial charge in [-0.1, -0.05) is 6.92 Å². The quantitative estimate of drug-likeness (QED) is 0.656. The number of carbonyl (C=O) groups is 1. The third-order valence-electron chi connectivity index (χ3n) is 3.80. The normalized spacial score (nSPS) is 12.2. The molecule has 0 saturated carbocycles. The summed E-state index contributed by atoms with van der Waals surface area (Å²) < 4.78 is 6.91. The second kappa shape index (κ2) is 7.58. The molecule has 1 unspecified atom stereocenters. The number of thiophene rings is 1. The van der Waals surface area contributed by atoms with E-state index in [0.717, 1.165) is 0 Å². The first kappa shape index (κ1) is 17.3. The van der Waals surface area contributed by atoms with E-state index in [2.05, 4.69) is 4.98 Å². The Morgan fingerprint density at radius 2 is 2.08 bits per heavy atom. The van der Waals surface area contributed by atoms with Crippen LogP contribution in [-0.2, 0) is 6.54 Å². The molecule has 1 aromatic carbocycles. The molecular weight excluding hydrogens is 340 g/mol. The van der Waals surface area contributed by atoms with Gasteiger partial charge in [0, 0.05) is 12.0 Å². The Hall–Kier alpha value is -2.51. The fourth-order valence-corrected chi connectivity index (χ4v) is 3.16. The number of fused-ring (bicyclic) bond motifs is 1. The van der Waals surface area contributed by atoms with Crippen LogP contribution in [0.1, 0.15) is 23.7 Å². The van der Waals surface area contributed by atoms with Crippen LogP contribution in [0.5, 0.6) is 5.75 Å². The molecule has 0 saturated heterocycles. The SMILES string of the molecule is CCC(=O)c1ccc(OCC(O)Cn2cnc3sccc3c2=O)cc1. The molecule has 0 aliphatic rings. The van der Waals surface area contributed by atoms with Crippen LogP contribution in [0.25, 0.3) is 10.2 Å². The van der Waals surface area contributed by atoms with Crippen LogP contribution < -0.4 is 10.3 Å². The molecule has 130 valence electrons. The number of aliphatic hydroxyl groups is 1. The van der Waals surface area contributed by atoms with Crippen molar-refractivity contribution in [2.75, 3.05) is 6.61 Å². The van der Waals surface area contributed by atoms with Gasteiger partial charge in [-0.3, -0.25) is 14.2 Å². The monoisotopic (exact) mass is 358 g/mol. The average molecular weight is 358 g/mol. The van der Waals surface area contributed by atoms with Crippen LogP contribution in [0.3, 0.4) is 0 Å². The van der Waals surface area contributed by atoms with Gasteiger partial charge in [-0.25, -0.2) is 4.98 Å². The van der Waals surface area contributed by atoms with Gasteiger partial charge >= 0.3 is 0 Å². The second-order valence-electron chi connectivity index (χ2n) is 5.61. The number of aliphatic hydroxyl groups excluding tert-OH is 1. The lowest BCUT2D eigenvalue weighted by atomic mass is 10.1. The molecule has 1 N–H and O–H groups in total. The summed E-state index contributed by atoms with van der Waals surface area (Å²) >= 11 is 1.41. The van der Waals surface area contributed by atoms with E-state index in [1.807, 2.05) is 12.3 Å². The molecule has 0 spiro atoms. The molecule has 0 radical (unpaired) electrons. The molecule has 0 bridgehead atoms. The molecule has 2 heterocycles. The van der Waals surface area contributed by atoms with E-state index in [9.17, 15) is 14.7 Å². The summed E-state index contributed by atoms with van der Waals surface area (Å²) in [4.78, 5) is 28.7. The zero-order valence-electron chi connectivity index (χ0n) is 13.7. The lowest BCUT2D eigenvalue weighted by Gasteiger charge is -2.14. The molecule has 7 heteroatoms. The van der Waals surface area contributed by atoms with Crippen molar-refractivity contribution in [1.82, 2.24) is 9.55 Å². The molecule has 3 aromatic rings. The maximum atomic E-state index is 12.3. The van der Waals surface area contributed by atoms with Crippen molar-refractivity contribution in [2.24, 2.45) is 0 Å². The molecule has 3 rings (SSSR count). The van der Waals surface area contributed by atoms with Gasteiger partial charge in [-0.05, 0) is 35.7 Å². The summed E-state index contributed by atoms with van der Waals surface area (Å²) in [5, 5.41) is 12.5. The zero-order chi connectivity index (χ0) is 17.8. The summed E-state index contributed by atoms with van der Waals surface area (Å²) in [5.74, 6) is 0.632. The number of aromatic nitrogens is 2. The lowest BCUT2D eigenvalue weighted by Crippen LogP contribution is -2.30. The Balaban J connectivity index is 1.60. The standard InChI is InChI=1S/C18H18N2O4S/c1-2-16(22)12-3-5-14(6-4-12)24-10-13(21)9-20-11-19-17-15(18(20)23)7-8-25-17/h3-8,11,13,21H,2,9-10H2,1H3. The lowest BCUT2D eigenvalue weighted by molar-refractivity contribution is 0.0913. The average Bonchev–Trinajstić information content (AvgIpc) is 3.11. The van der Waals surface area contributed by atoms with Crippen molar-refractivity contribution in [2.45, 2.75) is 26.0 Å². The molecule has 25 heavy (non-hydrogen) atoms. The van der Waals surface area contributed by atoms with Gasteiger partial charge in [0.2, 0.25) is 0 Å². The maximum absolute atomic E-state index is 12.3. The number of carbonyl (C=O) groups excluding carboxylic acids is 1. The third-order valence-corrected chi connectivity index (χ3v) is 4.62. The molecule has 0 aliphatic carbocycles. The van der Waals surface area contributed by atoms with E-state index in [1.54, 1.807) is 30.3 Å². The number of rotatable bonds is 7. The number of Topliss-reactive ketones (excluding diaryl/α,β-unsaturated/α-hetero) is 1. The van der Waals surface area contributed by atoms with Crippen molar-refractivity contribution in [1.29, 1.82) is 0 Å². The van der Waals surface area contributed by atoms with Gasteiger partial charge in [-0.2, -0.15) is 0 Å². The predicted octanol–water partition coefficient (Wildman–Crippen LogP) is 2.49. The van der Waals surface area contributed by atoms with Gasteiger partial charge in [0.15, 0.2) is 5.78 Å². The summed E-state index contributed by atoms with van der Waals surface area (Å²) in [5.41, 5.74) is 0.463. The Labute approximate surface area is 148 Å². The van der Waals surface area contributed by atoms with Crippen molar-refractivity contribution in [3.05, 3.63) is 58.0 Å². The fraction of sp³-hybridized carbons (Fsp3) is 0.278. The number of nitrogens with zero attached hydrogens (tertiary/aromatic N) is 2. The van der Waals surface area contributed by atoms with Crippen LogP contribution >= 0.6 is 11.3 Å². The van der Waals surface area contributed by atoms with Crippen molar-refractivity contribution in [3.63, 3.8) is 0 Å². The minimum Gasteiger partial charge on any atom is -0.491 e. The highest BCUT2D eigenvalue weighted by atomic mass is 32.1. The van der Waals surface area contributed by atoms with Gasteiger partial charge < -0.3 is 9.84 Å². The number of ketones is 1. The van der Waals surface area contributed by atoms with Crippen LogP contribution in [0.2, 0.25) is 0 Å². The van der Waals surface area contributed by atoms with Crippen LogP contribution in [0.15, 0.2) is 46.8 Å². The molecule has 0 fully saturated rings. The van der Waals surface area contributed by atoms with Gasteiger partial charge in [0.25, 0.3) is 5.56 Å². The fourth-order valence-electron chi connectivity index (χ4n) is 2.44. The summed E-state index contributed by atoms with van der Waals surface area (Å²) in [6.45, 7) is 1.95. The van der Waals surface area contributed by atoms with E-state index in [4.69, 9.17) is 4.74 Å². The Kier molecular flexibility index (Phi) is 5.25. The molecule has 6 nitrogen and oxygen atoms in total.